The number of carbonyl (C=O) groups excluding carboxylic acids is 3. The minimum atomic E-state index is -0.788. The number of halogens is 1. The molecule has 2 N–H and O–H groups in total. The lowest BCUT2D eigenvalue weighted by Gasteiger charge is -2.29. The molecular weight excluding hydrogens is 602 g/mol. The molecule has 2 aromatic rings. The number of fused-ring (bicyclic) bond motifs is 1. The highest BCUT2D eigenvalue weighted by Gasteiger charge is 2.39. The van der Waals surface area contributed by atoms with Crippen LogP contribution in [-0.4, -0.2) is 59.7 Å². The summed E-state index contributed by atoms with van der Waals surface area (Å²) in [4.78, 5) is 54.4. The van der Waals surface area contributed by atoms with Crippen molar-refractivity contribution in [3.8, 4) is 0 Å². The molecule has 1 saturated heterocycles. The number of alkyl halides is 1. The highest BCUT2D eigenvalue weighted by Crippen LogP contribution is 2.31. The van der Waals surface area contributed by atoms with E-state index in [1.54, 1.807) is 13.1 Å². The number of alkyl carbamates (subject to hydrolysis) is 1. The van der Waals surface area contributed by atoms with Crippen molar-refractivity contribution in [2.45, 2.75) is 104 Å². The average molecular weight is 653 g/mol. The van der Waals surface area contributed by atoms with E-state index >= 15 is 0 Å². The van der Waals surface area contributed by atoms with Crippen LogP contribution in [0.5, 0.6) is 0 Å². The molecule has 2 amide bonds. The van der Waals surface area contributed by atoms with Gasteiger partial charge in [-0.15, -0.1) is 0 Å². The molecule has 3 rings (SSSR count). The van der Waals surface area contributed by atoms with E-state index < -0.39 is 24.1 Å². The summed E-state index contributed by atoms with van der Waals surface area (Å²) in [5, 5.41) is 4.30. The van der Waals surface area contributed by atoms with E-state index in [1.165, 1.54) is 4.90 Å². The molecule has 2 unspecified atom stereocenters. The van der Waals surface area contributed by atoms with E-state index in [4.69, 9.17) is 9.47 Å². The molecule has 0 aliphatic carbocycles. The van der Waals surface area contributed by atoms with Crippen molar-refractivity contribution in [2.75, 3.05) is 19.8 Å². The average Bonchev–Trinajstić information content (AvgIpc) is 3.48. The predicted octanol–water partition coefficient (Wildman–Crippen LogP) is 6.80. The largest absolute Gasteiger partial charge is 0.464 e. The summed E-state index contributed by atoms with van der Waals surface area (Å²) in [6, 6.07) is 4.51. The minimum absolute atomic E-state index is 0.0646. The number of likely N-dealkylation sites (tertiary alicyclic amines) is 1. The number of nitrogens with one attached hydrogen (secondary N) is 2. The number of carbonyl (C=O) groups is 3. The van der Waals surface area contributed by atoms with Gasteiger partial charge in [-0.25, -0.2) is 9.59 Å². The van der Waals surface area contributed by atoms with E-state index in [0.29, 0.717) is 31.2 Å². The second kappa shape index (κ2) is 19.3. The normalized spacial score (nSPS) is 15.6. The second-order valence-electron chi connectivity index (χ2n) is 10.0. The van der Waals surface area contributed by atoms with Gasteiger partial charge < -0.3 is 24.7 Å². The lowest BCUT2D eigenvalue weighted by atomic mass is 9.99. The van der Waals surface area contributed by atoms with Crippen LogP contribution in [0.2, 0.25) is 0 Å². The summed E-state index contributed by atoms with van der Waals surface area (Å²) >= 11 is 3.73. The van der Waals surface area contributed by atoms with Crippen LogP contribution in [0.4, 0.5) is 4.79 Å². The summed E-state index contributed by atoms with van der Waals surface area (Å²) in [5.41, 5.74) is 1.97. The van der Waals surface area contributed by atoms with Crippen LogP contribution in [0.25, 0.3) is 10.8 Å². The molecule has 0 spiro atoms. The number of hydrogen-bond donors (Lipinski definition) is 2. The van der Waals surface area contributed by atoms with Gasteiger partial charge in [-0.3, -0.25) is 9.59 Å². The number of aromatic nitrogens is 1. The van der Waals surface area contributed by atoms with Crippen molar-refractivity contribution in [3.05, 3.63) is 45.9 Å². The van der Waals surface area contributed by atoms with Crippen molar-refractivity contribution in [3.63, 3.8) is 0 Å². The van der Waals surface area contributed by atoms with Crippen LogP contribution in [0.3, 0.4) is 0 Å². The van der Waals surface area contributed by atoms with Gasteiger partial charge in [0.2, 0.25) is 5.91 Å². The highest BCUT2D eigenvalue weighted by molar-refractivity contribution is 9.09. The van der Waals surface area contributed by atoms with Gasteiger partial charge in [-0.1, -0.05) is 63.5 Å². The van der Waals surface area contributed by atoms with E-state index in [9.17, 15) is 19.2 Å². The van der Waals surface area contributed by atoms with E-state index in [0.717, 1.165) is 29.4 Å². The molecule has 42 heavy (non-hydrogen) atoms. The van der Waals surface area contributed by atoms with E-state index in [-0.39, 0.29) is 35.4 Å². The monoisotopic (exact) mass is 651 g/mol. The summed E-state index contributed by atoms with van der Waals surface area (Å²) < 4.78 is 10.5. The van der Waals surface area contributed by atoms with Crippen LogP contribution in [0.15, 0.2) is 29.2 Å². The Hall–Kier alpha value is -2.88. The third-order valence-electron chi connectivity index (χ3n) is 6.87. The SMILES string of the molecule is CC.CC.CCOC(=O)C1CCCN1C(=O)[C@@H](NC(=O)OCCCCC(Br)c1cc(C)c2cc[nH]c(=O)c2c1)C(C)C. The molecule has 1 aromatic carbocycles. The van der Waals surface area contributed by atoms with Crippen LogP contribution < -0.4 is 10.9 Å². The lowest BCUT2D eigenvalue weighted by Crippen LogP contribution is -2.54. The Labute approximate surface area is 259 Å². The van der Waals surface area contributed by atoms with Crippen molar-refractivity contribution >= 4 is 44.7 Å². The van der Waals surface area contributed by atoms with Crippen LogP contribution >= 0.6 is 15.9 Å². The summed E-state index contributed by atoms with van der Waals surface area (Å²) in [6.07, 6.45) is 4.54. The number of nitrogens with zero attached hydrogens (tertiary/aromatic N) is 1. The Morgan fingerprint density at radius 3 is 2.43 bits per heavy atom. The fourth-order valence-electron chi connectivity index (χ4n) is 4.83. The Balaban J connectivity index is 0.00000211. The number of hydrogen-bond acceptors (Lipinski definition) is 6. The predicted molar refractivity (Wildman–Crippen MR) is 172 cm³/mol. The number of rotatable bonds is 11. The molecule has 1 aromatic heterocycles. The topological polar surface area (TPSA) is 118 Å². The van der Waals surface area contributed by atoms with Gasteiger partial charge >= 0.3 is 12.1 Å². The number of benzene rings is 1. The number of esters is 1. The van der Waals surface area contributed by atoms with Crippen molar-refractivity contribution in [1.82, 2.24) is 15.2 Å². The minimum Gasteiger partial charge on any atom is -0.464 e. The third kappa shape index (κ3) is 10.4. The van der Waals surface area contributed by atoms with Gasteiger partial charge in [0.15, 0.2) is 0 Å². The molecule has 236 valence electrons. The fraction of sp³-hybridized carbons (Fsp3) is 0.625. The zero-order chi connectivity index (χ0) is 31.8. The van der Waals surface area contributed by atoms with Crippen molar-refractivity contribution in [1.29, 1.82) is 0 Å². The smallest absolute Gasteiger partial charge is 0.407 e. The lowest BCUT2D eigenvalue weighted by molar-refractivity contribution is -0.153. The van der Waals surface area contributed by atoms with Gasteiger partial charge in [-0.05, 0) is 80.5 Å². The van der Waals surface area contributed by atoms with Gasteiger partial charge in [0.1, 0.15) is 12.1 Å². The van der Waals surface area contributed by atoms with Crippen molar-refractivity contribution < 1.29 is 23.9 Å². The molecular formula is C32H50BrN3O6. The van der Waals surface area contributed by atoms with E-state index in [2.05, 4.69) is 32.3 Å². The summed E-state index contributed by atoms with van der Waals surface area (Å²) in [7, 11) is 0. The summed E-state index contributed by atoms with van der Waals surface area (Å²) in [5.74, 6) is -0.872. The zero-order valence-electron chi connectivity index (χ0n) is 26.6. The first-order valence-electron chi connectivity index (χ1n) is 15.3. The Morgan fingerprint density at radius 1 is 1.10 bits per heavy atom. The van der Waals surface area contributed by atoms with Crippen LogP contribution in [0.1, 0.15) is 96.5 Å². The molecule has 1 aliphatic rings. The second-order valence-corrected chi connectivity index (χ2v) is 11.1. The van der Waals surface area contributed by atoms with Crippen molar-refractivity contribution in [2.24, 2.45) is 5.92 Å². The molecule has 1 aliphatic heterocycles. The highest BCUT2D eigenvalue weighted by atomic mass is 79.9. The third-order valence-corrected chi connectivity index (χ3v) is 7.85. The molecule has 1 fully saturated rings. The molecule has 9 nitrogen and oxygen atoms in total. The first-order chi connectivity index (χ1) is 20.1. The number of H-pyrrole nitrogens is 1. The Morgan fingerprint density at radius 2 is 1.79 bits per heavy atom. The van der Waals surface area contributed by atoms with Gasteiger partial charge in [0.25, 0.3) is 5.56 Å². The van der Waals surface area contributed by atoms with Crippen LogP contribution in [0, 0.1) is 12.8 Å². The number of pyridine rings is 1. The Bertz CT molecular complexity index is 1200. The molecule has 0 radical (unpaired) electrons. The quantitative estimate of drug-likeness (QED) is 0.157. The molecule has 0 bridgehead atoms. The van der Waals surface area contributed by atoms with Gasteiger partial charge in [-0.2, -0.15) is 0 Å². The maximum atomic E-state index is 13.2. The van der Waals surface area contributed by atoms with E-state index in [1.807, 2.05) is 60.6 Å². The molecule has 2 heterocycles. The number of unbranched alkanes of at least 4 members (excludes halogenated alkanes) is 1. The number of aromatic amines is 1. The Kier molecular flexibility index (Phi) is 17.1. The zero-order valence-corrected chi connectivity index (χ0v) is 28.1. The number of amides is 2. The molecule has 10 heteroatoms. The number of aryl methyl sites for hydroxylation is 1. The summed E-state index contributed by atoms with van der Waals surface area (Å²) in [6.45, 7) is 16.4. The fourth-order valence-corrected chi connectivity index (χ4v) is 5.41. The van der Waals surface area contributed by atoms with Crippen LogP contribution in [-0.2, 0) is 19.1 Å². The first-order valence-corrected chi connectivity index (χ1v) is 16.2. The van der Waals surface area contributed by atoms with Gasteiger partial charge in [0, 0.05) is 23.0 Å². The maximum absolute atomic E-state index is 13.2. The standard InChI is InChI=1S/C28H38BrN3O6.2C2H6/c1-5-37-27(35)23-10-8-13-32(23)26(34)24(17(2)3)31-28(36)38-14-7-6-9-22(29)19-15-18(4)20-11-12-30-25(33)21(20)16-19;2*1-2/h11-12,15-17,22-24H,5-10,13-14H2,1-4H3,(H,30,33)(H,31,36);2*1-2H3/t22?,23?,24-;;/m0../s1. The van der Waals surface area contributed by atoms with Gasteiger partial charge in [0.05, 0.1) is 13.2 Å². The first kappa shape index (κ1) is 37.1. The molecule has 0 saturated carbocycles. The maximum Gasteiger partial charge on any atom is 0.407 e. The number of ether oxygens (including phenoxy) is 2. The molecule has 3 atom stereocenters.